The van der Waals surface area contributed by atoms with E-state index in [9.17, 15) is 0 Å². The first kappa shape index (κ1) is 18.1. The van der Waals surface area contributed by atoms with Crippen molar-refractivity contribution in [2.75, 3.05) is 13.2 Å². The Balaban J connectivity index is 1.49. The summed E-state index contributed by atoms with van der Waals surface area (Å²) in [5, 5.41) is 0. The summed E-state index contributed by atoms with van der Waals surface area (Å²) < 4.78 is 13.7. The van der Waals surface area contributed by atoms with Crippen LogP contribution in [0.3, 0.4) is 0 Å². The van der Waals surface area contributed by atoms with E-state index >= 15 is 0 Å². The van der Waals surface area contributed by atoms with E-state index in [0.29, 0.717) is 13.2 Å². The molecule has 0 saturated heterocycles. The topological polar surface area (TPSA) is 36.3 Å². The van der Waals surface area contributed by atoms with E-state index in [1.807, 2.05) is 43.3 Å². The van der Waals surface area contributed by atoms with Crippen LogP contribution in [0.1, 0.15) is 18.3 Å². The number of fused-ring (bicyclic) bond motifs is 1. The number of para-hydroxylation sites is 2. The monoisotopic (exact) mass is 372 g/mol. The van der Waals surface area contributed by atoms with E-state index in [4.69, 9.17) is 14.5 Å². The summed E-state index contributed by atoms with van der Waals surface area (Å²) in [6.07, 6.45) is 0.804. The van der Waals surface area contributed by atoms with E-state index in [1.54, 1.807) is 0 Å². The summed E-state index contributed by atoms with van der Waals surface area (Å²) >= 11 is 0. The van der Waals surface area contributed by atoms with Gasteiger partial charge in [-0.1, -0.05) is 42.5 Å². The molecule has 0 aliphatic heterocycles. The molecule has 4 nitrogen and oxygen atoms in total. The van der Waals surface area contributed by atoms with Gasteiger partial charge < -0.3 is 14.0 Å². The maximum atomic E-state index is 5.96. The molecule has 0 spiro atoms. The Morgan fingerprint density at radius 3 is 2.21 bits per heavy atom. The van der Waals surface area contributed by atoms with Gasteiger partial charge in [-0.05, 0) is 48.9 Å². The average molecular weight is 372 g/mol. The zero-order valence-electron chi connectivity index (χ0n) is 16.0. The third-order valence-corrected chi connectivity index (χ3v) is 4.66. The van der Waals surface area contributed by atoms with Crippen LogP contribution in [0.25, 0.3) is 11.0 Å². The predicted molar refractivity (Wildman–Crippen MR) is 112 cm³/mol. The second-order valence-electron chi connectivity index (χ2n) is 6.58. The molecule has 0 amide bonds. The van der Waals surface area contributed by atoms with E-state index in [-0.39, 0.29) is 0 Å². The van der Waals surface area contributed by atoms with Crippen molar-refractivity contribution < 1.29 is 9.47 Å². The first-order chi connectivity index (χ1) is 13.8. The lowest BCUT2D eigenvalue weighted by atomic mass is 10.1. The van der Waals surface area contributed by atoms with Crippen molar-refractivity contribution in [3.63, 3.8) is 0 Å². The number of nitrogens with zero attached hydrogens (tertiary/aromatic N) is 2. The first-order valence-corrected chi connectivity index (χ1v) is 9.67. The number of imidazole rings is 1. The lowest BCUT2D eigenvalue weighted by Gasteiger charge is -2.11. The molecule has 1 heterocycles. The standard InChI is InChI=1S/C24H24N2O2/c1-2-27-20-12-14-21(15-13-20)28-17-16-26-23-11-7-6-10-22(23)25-24(26)18-19-8-4-3-5-9-19/h3-15H,2,16-18H2,1H3. The molecule has 0 bridgehead atoms. The molecule has 0 aliphatic rings. The number of hydrogen-bond donors (Lipinski definition) is 0. The molecule has 142 valence electrons. The van der Waals surface area contributed by atoms with Crippen LogP contribution in [0.5, 0.6) is 11.5 Å². The zero-order chi connectivity index (χ0) is 19.2. The fourth-order valence-electron chi connectivity index (χ4n) is 3.34. The third kappa shape index (κ3) is 4.17. The van der Waals surface area contributed by atoms with Crippen molar-refractivity contribution in [3.8, 4) is 11.5 Å². The number of ether oxygens (including phenoxy) is 2. The van der Waals surface area contributed by atoms with Gasteiger partial charge in [0.05, 0.1) is 24.2 Å². The highest BCUT2D eigenvalue weighted by atomic mass is 16.5. The van der Waals surface area contributed by atoms with E-state index in [1.165, 1.54) is 5.56 Å². The number of aromatic nitrogens is 2. The number of benzene rings is 3. The van der Waals surface area contributed by atoms with Crippen LogP contribution in [0.15, 0.2) is 78.9 Å². The summed E-state index contributed by atoms with van der Waals surface area (Å²) in [5.74, 6) is 2.76. The molecule has 3 aromatic carbocycles. The second-order valence-corrected chi connectivity index (χ2v) is 6.58. The Kier molecular flexibility index (Phi) is 5.57. The summed E-state index contributed by atoms with van der Waals surface area (Å²) in [6.45, 7) is 3.97. The van der Waals surface area contributed by atoms with Gasteiger partial charge in [0.2, 0.25) is 0 Å². The largest absolute Gasteiger partial charge is 0.494 e. The molecule has 0 atom stereocenters. The first-order valence-electron chi connectivity index (χ1n) is 9.67. The minimum atomic E-state index is 0.579. The van der Waals surface area contributed by atoms with Gasteiger partial charge in [-0.15, -0.1) is 0 Å². The van der Waals surface area contributed by atoms with Crippen molar-refractivity contribution >= 4 is 11.0 Å². The van der Waals surface area contributed by atoms with Crippen molar-refractivity contribution in [2.45, 2.75) is 19.9 Å². The summed E-state index contributed by atoms with van der Waals surface area (Å²) in [5.41, 5.74) is 3.42. The van der Waals surface area contributed by atoms with Crippen LogP contribution in [-0.4, -0.2) is 22.8 Å². The van der Waals surface area contributed by atoms with Gasteiger partial charge in [0, 0.05) is 6.42 Å². The normalized spacial score (nSPS) is 10.9. The number of hydrogen-bond acceptors (Lipinski definition) is 3. The molecule has 0 fully saturated rings. The molecule has 1 aromatic heterocycles. The van der Waals surface area contributed by atoms with Crippen LogP contribution in [0.2, 0.25) is 0 Å². The Labute approximate surface area is 165 Å². The maximum Gasteiger partial charge on any atom is 0.119 e. The molecule has 0 unspecified atom stereocenters. The Morgan fingerprint density at radius 1 is 0.786 bits per heavy atom. The molecule has 0 N–H and O–H groups in total. The van der Waals surface area contributed by atoms with E-state index in [2.05, 4.69) is 47.0 Å². The van der Waals surface area contributed by atoms with Crippen LogP contribution in [0, 0.1) is 0 Å². The molecule has 0 aliphatic carbocycles. The van der Waals surface area contributed by atoms with E-state index < -0.39 is 0 Å². The molecule has 4 aromatic rings. The molecule has 4 heteroatoms. The second kappa shape index (κ2) is 8.61. The summed E-state index contributed by atoms with van der Waals surface area (Å²) in [7, 11) is 0. The number of rotatable bonds is 8. The van der Waals surface area contributed by atoms with Gasteiger partial charge in [-0.3, -0.25) is 0 Å². The lowest BCUT2D eigenvalue weighted by molar-refractivity contribution is 0.297. The van der Waals surface area contributed by atoms with Gasteiger partial charge in [0.25, 0.3) is 0 Å². The highest BCUT2D eigenvalue weighted by Gasteiger charge is 2.11. The van der Waals surface area contributed by atoms with Crippen LogP contribution < -0.4 is 9.47 Å². The van der Waals surface area contributed by atoms with Gasteiger partial charge in [-0.25, -0.2) is 4.98 Å². The van der Waals surface area contributed by atoms with Gasteiger partial charge in [0.15, 0.2) is 0 Å². The van der Waals surface area contributed by atoms with Gasteiger partial charge in [0.1, 0.15) is 23.9 Å². The molecule has 0 radical (unpaired) electrons. The van der Waals surface area contributed by atoms with Crippen LogP contribution >= 0.6 is 0 Å². The minimum absolute atomic E-state index is 0.579. The quantitative estimate of drug-likeness (QED) is 0.431. The van der Waals surface area contributed by atoms with Crippen molar-refractivity contribution in [2.24, 2.45) is 0 Å². The Bertz CT molecular complexity index is 1020. The fraction of sp³-hybridized carbons (Fsp3) is 0.208. The fourth-order valence-corrected chi connectivity index (χ4v) is 3.34. The smallest absolute Gasteiger partial charge is 0.119 e. The third-order valence-electron chi connectivity index (χ3n) is 4.66. The molecule has 4 rings (SSSR count). The summed E-state index contributed by atoms with van der Waals surface area (Å²) in [6, 6.07) is 26.5. The Hall–Kier alpha value is -3.27. The predicted octanol–water partition coefficient (Wildman–Crippen LogP) is 5.10. The van der Waals surface area contributed by atoms with E-state index in [0.717, 1.165) is 41.3 Å². The molecular formula is C24H24N2O2. The van der Waals surface area contributed by atoms with Crippen molar-refractivity contribution in [1.82, 2.24) is 9.55 Å². The lowest BCUT2D eigenvalue weighted by Crippen LogP contribution is -2.11. The van der Waals surface area contributed by atoms with Crippen LogP contribution in [-0.2, 0) is 13.0 Å². The maximum absolute atomic E-state index is 5.96. The SMILES string of the molecule is CCOc1ccc(OCCn2c(Cc3ccccc3)nc3ccccc32)cc1. The highest BCUT2D eigenvalue weighted by Crippen LogP contribution is 2.20. The zero-order valence-corrected chi connectivity index (χ0v) is 16.0. The minimum Gasteiger partial charge on any atom is -0.494 e. The van der Waals surface area contributed by atoms with Gasteiger partial charge >= 0.3 is 0 Å². The highest BCUT2D eigenvalue weighted by molar-refractivity contribution is 5.76. The van der Waals surface area contributed by atoms with Crippen molar-refractivity contribution in [1.29, 1.82) is 0 Å². The average Bonchev–Trinajstić information content (AvgIpc) is 3.07. The summed E-state index contributed by atoms with van der Waals surface area (Å²) in [4.78, 5) is 4.86. The van der Waals surface area contributed by atoms with Crippen LogP contribution in [0.4, 0.5) is 0 Å². The van der Waals surface area contributed by atoms with Gasteiger partial charge in [-0.2, -0.15) is 0 Å². The molecular weight excluding hydrogens is 348 g/mol. The molecule has 0 saturated carbocycles. The van der Waals surface area contributed by atoms with Crippen molar-refractivity contribution in [3.05, 3.63) is 90.3 Å². The Morgan fingerprint density at radius 2 is 1.46 bits per heavy atom. The molecule has 28 heavy (non-hydrogen) atoms.